The number of benzene rings is 1. The molecule has 0 unspecified atom stereocenters. The predicted molar refractivity (Wildman–Crippen MR) is 121 cm³/mol. The highest BCUT2D eigenvalue weighted by molar-refractivity contribution is 5.98. The molecule has 2 aromatic rings. The Hall–Kier alpha value is -3.37. The quantitative estimate of drug-likeness (QED) is 0.481. The molecule has 1 aromatic heterocycles. The molecule has 3 rings (SSSR count). The van der Waals surface area contributed by atoms with E-state index in [1.807, 2.05) is 25.9 Å². The van der Waals surface area contributed by atoms with Crippen LogP contribution < -0.4 is 20.3 Å². The lowest BCUT2D eigenvalue weighted by Gasteiger charge is -2.30. The number of nitrogens with zero attached hydrogens (tertiary/aromatic N) is 3. The van der Waals surface area contributed by atoms with Crippen molar-refractivity contribution in [3.8, 4) is 5.75 Å². The minimum atomic E-state index is -5.16. The average Bonchev–Trinajstić information content (AvgIpc) is 2.75. The predicted octanol–water partition coefficient (Wildman–Crippen LogP) is 3.78. The van der Waals surface area contributed by atoms with Crippen LogP contribution in [0.2, 0.25) is 0 Å². The third-order valence-electron chi connectivity index (χ3n) is 5.58. The van der Waals surface area contributed by atoms with Crippen LogP contribution in [0.3, 0.4) is 0 Å². The Labute approximate surface area is 195 Å². The largest absolute Gasteiger partial charge is 0.491 e. The van der Waals surface area contributed by atoms with Crippen LogP contribution in [0.4, 0.5) is 24.9 Å². The fourth-order valence-electron chi connectivity index (χ4n) is 3.84. The Balaban J connectivity index is 1.59. The van der Waals surface area contributed by atoms with Crippen LogP contribution >= 0.6 is 0 Å². The van der Waals surface area contributed by atoms with E-state index in [0.717, 1.165) is 24.2 Å². The molecular weight excluding hydrogens is 451 g/mol. The van der Waals surface area contributed by atoms with Crippen molar-refractivity contribution in [3.63, 3.8) is 0 Å². The summed E-state index contributed by atoms with van der Waals surface area (Å²) < 4.78 is 42.3. The van der Waals surface area contributed by atoms with Gasteiger partial charge in [-0.15, -0.1) is 0 Å². The van der Waals surface area contributed by atoms with Gasteiger partial charge in [0.05, 0.1) is 5.56 Å². The molecule has 0 aliphatic heterocycles. The molecule has 184 valence electrons. The van der Waals surface area contributed by atoms with Gasteiger partial charge in [0.1, 0.15) is 11.6 Å². The van der Waals surface area contributed by atoms with Gasteiger partial charge in [0, 0.05) is 37.9 Å². The maximum Gasteiger partial charge on any atom is 0.491 e. The van der Waals surface area contributed by atoms with E-state index in [1.54, 1.807) is 19.2 Å². The van der Waals surface area contributed by atoms with Crippen LogP contribution in [0.15, 0.2) is 24.4 Å². The molecule has 0 spiro atoms. The number of ether oxygens (including phenoxy) is 1. The first kappa shape index (κ1) is 25.3. The fraction of sp³-hybridized carbons (Fsp3) is 0.478. The van der Waals surface area contributed by atoms with E-state index in [9.17, 15) is 22.8 Å². The number of aromatic nitrogens is 2. The van der Waals surface area contributed by atoms with Gasteiger partial charge in [-0.05, 0) is 57.2 Å². The minimum absolute atomic E-state index is 0.118. The molecule has 11 heteroatoms. The van der Waals surface area contributed by atoms with Gasteiger partial charge in [0.25, 0.3) is 5.91 Å². The van der Waals surface area contributed by atoms with E-state index in [1.165, 1.54) is 12.1 Å². The Morgan fingerprint density at radius 1 is 1.09 bits per heavy atom. The van der Waals surface area contributed by atoms with Crippen LogP contribution in [-0.4, -0.2) is 54.2 Å². The first-order valence-corrected chi connectivity index (χ1v) is 10.9. The highest BCUT2D eigenvalue weighted by atomic mass is 19.4. The lowest BCUT2D eigenvalue weighted by molar-refractivity contribution is -0.189. The van der Waals surface area contributed by atoms with Gasteiger partial charge in [-0.3, -0.25) is 4.79 Å². The van der Waals surface area contributed by atoms with Gasteiger partial charge in [0.15, 0.2) is 0 Å². The number of rotatable bonds is 6. The summed E-state index contributed by atoms with van der Waals surface area (Å²) in [4.78, 5) is 34.8. The van der Waals surface area contributed by atoms with Crippen molar-refractivity contribution in [3.05, 3.63) is 41.1 Å². The maximum atomic E-state index is 12.8. The molecule has 1 amide bonds. The molecule has 2 N–H and O–H groups in total. The monoisotopic (exact) mass is 479 g/mol. The molecule has 1 fully saturated rings. The standard InChI is InChI=1S/C23H28F3N5O3/c1-13-5-10-17(18(11-13)34-21(33)23(24,25)26)20(32)28-15-6-8-16(9-7-15)29-22-27-12-14(2)19(30-22)31(3)4/h5,10-12,15-16H,6-9H2,1-4H3,(H,28,32)(H,27,29,30). The zero-order valence-electron chi connectivity index (χ0n) is 19.5. The van der Waals surface area contributed by atoms with Crippen LogP contribution in [0, 0.1) is 13.8 Å². The number of amides is 1. The molecular formula is C23H28F3N5O3. The summed E-state index contributed by atoms with van der Waals surface area (Å²) in [7, 11) is 3.83. The topological polar surface area (TPSA) is 96.5 Å². The highest BCUT2D eigenvalue weighted by Crippen LogP contribution is 2.27. The normalized spacial score (nSPS) is 18.2. The molecule has 0 bridgehead atoms. The fourth-order valence-corrected chi connectivity index (χ4v) is 3.84. The van der Waals surface area contributed by atoms with Crippen molar-refractivity contribution in [1.82, 2.24) is 15.3 Å². The van der Waals surface area contributed by atoms with Crippen LogP contribution in [-0.2, 0) is 4.79 Å². The van der Waals surface area contributed by atoms with Crippen LogP contribution in [0.5, 0.6) is 5.75 Å². The maximum absolute atomic E-state index is 12.8. The van der Waals surface area contributed by atoms with Gasteiger partial charge >= 0.3 is 12.1 Å². The molecule has 0 saturated heterocycles. The SMILES string of the molecule is Cc1ccc(C(=O)NC2CCC(Nc3ncc(C)c(N(C)C)n3)CC2)c(OC(=O)C(F)(F)F)c1. The van der Waals surface area contributed by atoms with Crippen molar-refractivity contribution < 1.29 is 27.5 Å². The van der Waals surface area contributed by atoms with Gasteiger partial charge in [-0.25, -0.2) is 9.78 Å². The Morgan fingerprint density at radius 3 is 2.35 bits per heavy atom. The highest BCUT2D eigenvalue weighted by Gasteiger charge is 2.42. The number of alkyl halides is 3. The summed E-state index contributed by atoms with van der Waals surface area (Å²) in [6.45, 7) is 3.57. The van der Waals surface area contributed by atoms with E-state index >= 15 is 0 Å². The van der Waals surface area contributed by atoms with Crippen molar-refractivity contribution >= 4 is 23.6 Å². The molecule has 1 aliphatic rings. The number of hydrogen-bond acceptors (Lipinski definition) is 7. The molecule has 1 saturated carbocycles. The number of carbonyl (C=O) groups is 2. The Morgan fingerprint density at radius 2 is 1.74 bits per heavy atom. The zero-order valence-corrected chi connectivity index (χ0v) is 19.5. The first-order chi connectivity index (χ1) is 15.9. The summed E-state index contributed by atoms with van der Waals surface area (Å²) in [6.07, 6.45) is -0.552. The molecule has 1 aliphatic carbocycles. The van der Waals surface area contributed by atoms with Crippen molar-refractivity contribution in [2.75, 3.05) is 24.3 Å². The van der Waals surface area contributed by atoms with E-state index < -0.39 is 23.8 Å². The number of nitrogens with one attached hydrogen (secondary N) is 2. The molecule has 0 radical (unpaired) electrons. The van der Waals surface area contributed by atoms with E-state index in [2.05, 4.69) is 25.3 Å². The Kier molecular flexibility index (Phi) is 7.63. The number of halogens is 3. The van der Waals surface area contributed by atoms with Gasteiger partial charge in [-0.1, -0.05) is 6.07 Å². The number of hydrogen-bond donors (Lipinski definition) is 2. The molecule has 1 aromatic carbocycles. The minimum Gasteiger partial charge on any atom is -0.419 e. The smallest absolute Gasteiger partial charge is 0.419 e. The summed E-state index contributed by atoms with van der Waals surface area (Å²) in [5.74, 6) is -1.99. The van der Waals surface area contributed by atoms with Gasteiger partial charge in [-0.2, -0.15) is 18.2 Å². The van der Waals surface area contributed by atoms with Crippen LogP contribution in [0.1, 0.15) is 47.2 Å². The zero-order chi connectivity index (χ0) is 25.0. The number of esters is 1. The van der Waals surface area contributed by atoms with Crippen molar-refractivity contribution in [2.24, 2.45) is 0 Å². The lowest BCUT2D eigenvalue weighted by Crippen LogP contribution is -2.40. The third-order valence-corrected chi connectivity index (χ3v) is 5.58. The number of aryl methyl sites for hydroxylation is 2. The Bertz CT molecular complexity index is 1050. The lowest BCUT2D eigenvalue weighted by atomic mass is 9.91. The van der Waals surface area contributed by atoms with Crippen molar-refractivity contribution in [2.45, 2.75) is 57.8 Å². The third kappa shape index (κ3) is 6.36. The van der Waals surface area contributed by atoms with E-state index in [-0.39, 0.29) is 17.6 Å². The summed E-state index contributed by atoms with van der Waals surface area (Å²) in [5, 5.41) is 6.18. The second-order valence-corrected chi connectivity index (χ2v) is 8.65. The van der Waals surface area contributed by atoms with E-state index in [0.29, 0.717) is 24.4 Å². The summed E-state index contributed by atoms with van der Waals surface area (Å²) >= 11 is 0. The average molecular weight is 480 g/mol. The molecule has 0 atom stereocenters. The number of anilines is 2. The molecule has 34 heavy (non-hydrogen) atoms. The second-order valence-electron chi connectivity index (χ2n) is 8.65. The molecule has 1 heterocycles. The summed E-state index contributed by atoms with van der Waals surface area (Å²) in [5.41, 5.74) is 1.41. The van der Waals surface area contributed by atoms with Crippen molar-refractivity contribution in [1.29, 1.82) is 0 Å². The van der Waals surface area contributed by atoms with E-state index in [4.69, 9.17) is 0 Å². The van der Waals surface area contributed by atoms with Gasteiger partial charge in [0.2, 0.25) is 5.95 Å². The number of carbonyl (C=O) groups excluding carboxylic acids is 2. The van der Waals surface area contributed by atoms with Crippen LogP contribution in [0.25, 0.3) is 0 Å². The first-order valence-electron chi connectivity index (χ1n) is 10.9. The summed E-state index contributed by atoms with van der Waals surface area (Å²) in [6, 6.07) is 4.14. The molecule has 8 nitrogen and oxygen atoms in total. The second kappa shape index (κ2) is 10.3. The van der Waals surface area contributed by atoms with Gasteiger partial charge < -0.3 is 20.3 Å².